The lowest BCUT2D eigenvalue weighted by atomic mass is 10.1. The fraction of sp³-hybridized carbons (Fsp3) is 0.250. The molecule has 7 nitrogen and oxygen atoms in total. The first kappa shape index (κ1) is 24.0. The highest BCUT2D eigenvalue weighted by molar-refractivity contribution is 6.09. The van der Waals surface area contributed by atoms with Gasteiger partial charge in [-0.2, -0.15) is 0 Å². The summed E-state index contributed by atoms with van der Waals surface area (Å²) in [5.74, 6) is -0.631. The number of carbonyl (C=O) groups excluding carboxylic acids is 3. The largest absolute Gasteiger partial charge is 0.368 e. The summed E-state index contributed by atoms with van der Waals surface area (Å²) in [6.45, 7) is 6.37. The number of hydrogen-bond donors (Lipinski definition) is 2. The van der Waals surface area contributed by atoms with Crippen molar-refractivity contribution in [3.05, 3.63) is 90.0 Å². The Morgan fingerprint density at radius 1 is 0.743 bits per heavy atom. The summed E-state index contributed by atoms with van der Waals surface area (Å²) in [7, 11) is 0. The van der Waals surface area contributed by atoms with Gasteiger partial charge in [-0.3, -0.25) is 14.4 Å². The Morgan fingerprint density at radius 2 is 1.37 bits per heavy atom. The number of carbonyl (C=O) groups is 3. The van der Waals surface area contributed by atoms with E-state index in [1.165, 1.54) is 0 Å². The molecule has 1 fully saturated rings. The highest BCUT2D eigenvalue weighted by atomic mass is 16.2. The van der Waals surface area contributed by atoms with Crippen LogP contribution in [-0.4, -0.2) is 48.8 Å². The van der Waals surface area contributed by atoms with E-state index in [4.69, 9.17) is 0 Å². The third-order valence-corrected chi connectivity index (χ3v) is 6.03. The zero-order chi connectivity index (χ0) is 24.8. The van der Waals surface area contributed by atoms with Crippen molar-refractivity contribution in [3.8, 4) is 0 Å². The summed E-state index contributed by atoms with van der Waals surface area (Å²) in [6, 6.07) is 23.9. The second-order valence-electron chi connectivity index (χ2n) is 8.84. The van der Waals surface area contributed by atoms with Crippen LogP contribution in [0.15, 0.2) is 78.9 Å². The predicted molar refractivity (Wildman–Crippen MR) is 139 cm³/mol. The van der Waals surface area contributed by atoms with Gasteiger partial charge in [0.05, 0.1) is 11.3 Å². The second-order valence-corrected chi connectivity index (χ2v) is 8.84. The summed E-state index contributed by atoms with van der Waals surface area (Å²) >= 11 is 0. The molecule has 4 rings (SSSR count). The minimum absolute atomic E-state index is 0.0840. The molecular formula is C28H30N4O3. The molecule has 1 saturated heterocycles. The van der Waals surface area contributed by atoms with E-state index in [1.54, 1.807) is 48.5 Å². The molecule has 0 unspecified atom stereocenters. The van der Waals surface area contributed by atoms with E-state index in [-0.39, 0.29) is 23.6 Å². The first-order valence-corrected chi connectivity index (χ1v) is 11.8. The molecule has 0 spiro atoms. The van der Waals surface area contributed by atoms with E-state index in [2.05, 4.69) is 27.7 Å². The van der Waals surface area contributed by atoms with Crippen molar-refractivity contribution in [2.24, 2.45) is 5.92 Å². The molecule has 7 heteroatoms. The van der Waals surface area contributed by atoms with E-state index in [0.29, 0.717) is 35.6 Å². The van der Waals surface area contributed by atoms with Crippen LogP contribution in [0.25, 0.3) is 0 Å². The van der Waals surface area contributed by atoms with E-state index >= 15 is 0 Å². The fourth-order valence-corrected chi connectivity index (χ4v) is 3.94. The van der Waals surface area contributed by atoms with Crippen LogP contribution in [0, 0.1) is 5.92 Å². The van der Waals surface area contributed by atoms with Crippen molar-refractivity contribution in [1.82, 2.24) is 4.90 Å². The van der Waals surface area contributed by atoms with Gasteiger partial charge < -0.3 is 20.4 Å². The van der Waals surface area contributed by atoms with Crippen LogP contribution in [0.5, 0.6) is 0 Å². The van der Waals surface area contributed by atoms with Crippen LogP contribution in [0.4, 0.5) is 17.1 Å². The first-order chi connectivity index (χ1) is 16.9. The van der Waals surface area contributed by atoms with E-state index in [1.807, 2.05) is 36.9 Å². The van der Waals surface area contributed by atoms with Gasteiger partial charge in [-0.25, -0.2) is 0 Å². The van der Waals surface area contributed by atoms with Crippen molar-refractivity contribution >= 4 is 34.8 Å². The second kappa shape index (κ2) is 10.9. The molecule has 1 aliphatic heterocycles. The first-order valence-electron chi connectivity index (χ1n) is 11.8. The molecule has 0 radical (unpaired) electrons. The number of anilines is 3. The monoisotopic (exact) mass is 470 g/mol. The molecule has 35 heavy (non-hydrogen) atoms. The van der Waals surface area contributed by atoms with Crippen LogP contribution in [0.2, 0.25) is 0 Å². The zero-order valence-electron chi connectivity index (χ0n) is 20.0. The van der Waals surface area contributed by atoms with Crippen molar-refractivity contribution in [3.63, 3.8) is 0 Å². The number of hydrogen-bond acceptors (Lipinski definition) is 4. The number of amides is 3. The Morgan fingerprint density at radius 3 is 2.03 bits per heavy atom. The normalized spacial score (nSPS) is 13.5. The molecule has 0 saturated carbocycles. The lowest BCUT2D eigenvalue weighted by Crippen LogP contribution is -2.48. The Balaban J connectivity index is 1.40. The van der Waals surface area contributed by atoms with Crippen LogP contribution < -0.4 is 15.5 Å². The maximum atomic E-state index is 13.3. The molecule has 1 heterocycles. The smallest absolute Gasteiger partial charge is 0.256 e. The summed E-state index contributed by atoms with van der Waals surface area (Å²) in [6.07, 6.45) is 0. The topological polar surface area (TPSA) is 81.8 Å². The Labute approximate surface area is 205 Å². The number of para-hydroxylation sites is 2. The van der Waals surface area contributed by atoms with Gasteiger partial charge in [0, 0.05) is 49.0 Å². The van der Waals surface area contributed by atoms with Gasteiger partial charge in [0.1, 0.15) is 0 Å². The Kier molecular flexibility index (Phi) is 7.45. The lowest BCUT2D eigenvalue weighted by Gasteiger charge is -2.36. The van der Waals surface area contributed by atoms with Gasteiger partial charge in [0.15, 0.2) is 0 Å². The predicted octanol–water partition coefficient (Wildman–Crippen LogP) is 4.50. The van der Waals surface area contributed by atoms with Crippen molar-refractivity contribution in [1.29, 1.82) is 0 Å². The molecular weight excluding hydrogens is 440 g/mol. The maximum absolute atomic E-state index is 13.3. The fourth-order valence-electron chi connectivity index (χ4n) is 3.94. The molecule has 1 aliphatic rings. The minimum Gasteiger partial charge on any atom is -0.368 e. The zero-order valence-corrected chi connectivity index (χ0v) is 20.0. The number of benzene rings is 3. The van der Waals surface area contributed by atoms with Crippen LogP contribution in [-0.2, 0) is 4.79 Å². The number of rotatable bonds is 6. The summed E-state index contributed by atoms with van der Waals surface area (Å²) < 4.78 is 0. The van der Waals surface area contributed by atoms with Gasteiger partial charge in [-0.05, 0) is 48.5 Å². The number of nitrogens with one attached hydrogen (secondary N) is 2. The van der Waals surface area contributed by atoms with Crippen LogP contribution >= 0.6 is 0 Å². The van der Waals surface area contributed by atoms with Crippen LogP contribution in [0.1, 0.15) is 34.6 Å². The van der Waals surface area contributed by atoms with Gasteiger partial charge in [-0.1, -0.05) is 44.2 Å². The molecule has 3 aromatic carbocycles. The van der Waals surface area contributed by atoms with Gasteiger partial charge in [0.2, 0.25) is 5.91 Å². The lowest BCUT2D eigenvalue weighted by molar-refractivity contribution is -0.118. The highest BCUT2D eigenvalue weighted by Crippen LogP contribution is 2.22. The molecule has 0 aliphatic carbocycles. The van der Waals surface area contributed by atoms with E-state index in [9.17, 15) is 14.4 Å². The van der Waals surface area contributed by atoms with Gasteiger partial charge in [-0.15, -0.1) is 0 Å². The highest BCUT2D eigenvalue weighted by Gasteiger charge is 2.24. The maximum Gasteiger partial charge on any atom is 0.256 e. The third kappa shape index (κ3) is 5.87. The van der Waals surface area contributed by atoms with Crippen molar-refractivity contribution in [2.75, 3.05) is 41.7 Å². The van der Waals surface area contributed by atoms with Crippen LogP contribution in [0.3, 0.4) is 0 Å². The Bertz CT molecular complexity index is 1180. The minimum atomic E-state index is -0.319. The molecule has 0 atom stereocenters. The number of piperazine rings is 1. The molecule has 180 valence electrons. The molecule has 0 bridgehead atoms. The standard InChI is InChI=1S/C28H30N4O3/c1-20(2)26(33)29-22-14-12-21(13-15-22)27(34)30-25-11-7-6-10-24(25)28(35)32-18-16-31(17-19-32)23-8-4-3-5-9-23/h3-15,20H,16-19H2,1-2H3,(H,29,33)(H,30,34). The molecule has 3 amide bonds. The average Bonchev–Trinajstić information content (AvgIpc) is 2.89. The third-order valence-electron chi connectivity index (χ3n) is 6.03. The van der Waals surface area contributed by atoms with Gasteiger partial charge in [0.25, 0.3) is 11.8 Å². The Hall–Kier alpha value is -4.13. The molecule has 2 N–H and O–H groups in total. The molecule has 0 aromatic heterocycles. The van der Waals surface area contributed by atoms with Crippen molar-refractivity contribution < 1.29 is 14.4 Å². The quantitative estimate of drug-likeness (QED) is 0.556. The summed E-state index contributed by atoms with van der Waals surface area (Å²) in [5, 5.41) is 5.68. The van der Waals surface area contributed by atoms with E-state index in [0.717, 1.165) is 18.8 Å². The summed E-state index contributed by atoms with van der Waals surface area (Å²) in [5.41, 5.74) is 3.17. The van der Waals surface area contributed by atoms with Gasteiger partial charge >= 0.3 is 0 Å². The number of nitrogens with zero attached hydrogens (tertiary/aromatic N) is 2. The molecule has 3 aromatic rings. The van der Waals surface area contributed by atoms with E-state index < -0.39 is 0 Å². The SMILES string of the molecule is CC(C)C(=O)Nc1ccc(C(=O)Nc2ccccc2C(=O)N2CCN(c3ccccc3)CC2)cc1. The average molecular weight is 471 g/mol. The summed E-state index contributed by atoms with van der Waals surface area (Å²) in [4.78, 5) is 42.1. The van der Waals surface area contributed by atoms with Crippen molar-refractivity contribution in [2.45, 2.75) is 13.8 Å².